The number of rotatable bonds is 14. The van der Waals surface area contributed by atoms with Gasteiger partial charge in [-0.05, 0) is 57.4 Å². The maximum absolute atomic E-state index is 13.3. The molecule has 33 heavy (non-hydrogen) atoms. The molecule has 0 heterocycles. The normalized spacial score (nSPS) is 10.6. The SMILES string of the molecule is CCCc1c(OCCCCC(=O)N(CC)CC)ccc(C(=O)c2ccccc2OC)c1OC. The Kier molecular flexibility index (Phi) is 10.7. The fourth-order valence-electron chi connectivity index (χ4n) is 3.92. The molecule has 0 bridgehead atoms. The lowest BCUT2D eigenvalue weighted by molar-refractivity contribution is -0.130. The molecule has 180 valence electrons. The summed E-state index contributed by atoms with van der Waals surface area (Å²) in [5, 5.41) is 0. The Hall–Kier alpha value is -3.02. The standard InChI is InChI=1S/C27H37NO5/c1-6-13-21-24(33-19-12-11-16-25(29)28(7-2)8-3)18-17-22(27(21)32-5)26(30)20-14-9-10-15-23(20)31-4/h9-10,14-15,17-18H,6-8,11-13,16,19H2,1-5H3. The van der Waals surface area contributed by atoms with Crippen LogP contribution in [-0.4, -0.2) is 50.5 Å². The van der Waals surface area contributed by atoms with E-state index in [2.05, 4.69) is 6.92 Å². The van der Waals surface area contributed by atoms with Crippen LogP contribution in [0.4, 0.5) is 0 Å². The molecule has 0 aliphatic heterocycles. The van der Waals surface area contributed by atoms with Crippen molar-refractivity contribution in [2.45, 2.75) is 52.9 Å². The predicted octanol–water partition coefficient (Wildman–Crippen LogP) is 5.30. The van der Waals surface area contributed by atoms with E-state index < -0.39 is 0 Å². The molecular weight excluding hydrogens is 418 g/mol. The second-order valence-electron chi connectivity index (χ2n) is 7.77. The van der Waals surface area contributed by atoms with Crippen LogP contribution in [0.2, 0.25) is 0 Å². The molecule has 6 heteroatoms. The molecule has 0 atom stereocenters. The first-order valence-corrected chi connectivity index (χ1v) is 11.8. The van der Waals surface area contributed by atoms with Crippen LogP contribution in [0.3, 0.4) is 0 Å². The molecule has 0 aliphatic rings. The lowest BCUT2D eigenvalue weighted by Crippen LogP contribution is -2.30. The smallest absolute Gasteiger partial charge is 0.222 e. The molecule has 0 unspecified atom stereocenters. The Morgan fingerprint density at radius 2 is 1.58 bits per heavy atom. The number of para-hydroxylation sites is 1. The first-order chi connectivity index (χ1) is 16.0. The Labute approximate surface area is 197 Å². The summed E-state index contributed by atoms with van der Waals surface area (Å²) in [6.07, 6.45) is 3.70. The van der Waals surface area contributed by atoms with Crippen molar-refractivity contribution in [2.75, 3.05) is 33.9 Å². The van der Waals surface area contributed by atoms with Crippen LogP contribution < -0.4 is 14.2 Å². The van der Waals surface area contributed by atoms with Crippen LogP contribution in [0.5, 0.6) is 17.2 Å². The third-order valence-electron chi connectivity index (χ3n) is 5.68. The average molecular weight is 456 g/mol. The summed E-state index contributed by atoms with van der Waals surface area (Å²) in [7, 11) is 3.13. The molecule has 0 spiro atoms. The summed E-state index contributed by atoms with van der Waals surface area (Å²) in [5.41, 5.74) is 1.87. The van der Waals surface area contributed by atoms with E-state index in [0.29, 0.717) is 35.7 Å². The topological polar surface area (TPSA) is 65.1 Å². The molecule has 0 saturated carbocycles. The van der Waals surface area contributed by atoms with Gasteiger partial charge in [-0.1, -0.05) is 25.5 Å². The molecule has 0 aliphatic carbocycles. The number of ketones is 1. The molecule has 0 N–H and O–H groups in total. The van der Waals surface area contributed by atoms with E-state index in [1.165, 1.54) is 0 Å². The van der Waals surface area contributed by atoms with E-state index in [1.54, 1.807) is 32.4 Å². The molecule has 1 amide bonds. The molecule has 0 radical (unpaired) electrons. The first kappa shape index (κ1) is 26.2. The van der Waals surface area contributed by atoms with Gasteiger partial charge in [-0.15, -0.1) is 0 Å². The fraction of sp³-hybridized carbons (Fsp3) is 0.481. The zero-order valence-electron chi connectivity index (χ0n) is 20.6. The van der Waals surface area contributed by atoms with Crippen molar-refractivity contribution in [2.24, 2.45) is 0 Å². The van der Waals surface area contributed by atoms with Gasteiger partial charge in [0.25, 0.3) is 0 Å². The highest BCUT2D eigenvalue weighted by Gasteiger charge is 2.22. The third-order valence-corrected chi connectivity index (χ3v) is 5.68. The minimum Gasteiger partial charge on any atom is -0.496 e. The maximum Gasteiger partial charge on any atom is 0.222 e. The quantitative estimate of drug-likeness (QED) is 0.285. The average Bonchev–Trinajstić information content (AvgIpc) is 2.84. The van der Waals surface area contributed by atoms with Gasteiger partial charge in [0.15, 0.2) is 5.78 Å². The molecule has 2 rings (SSSR count). The largest absolute Gasteiger partial charge is 0.496 e. The van der Waals surface area contributed by atoms with Gasteiger partial charge in [-0.2, -0.15) is 0 Å². The van der Waals surface area contributed by atoms with Crippen molar-refractivity contribution >= 4 is 11.7 Å². The first-order valence-electron chi connectivity index (χ1n) is 11.8. The fourth-order valence-corrected chi connectivity index (χ4v) is 3.92. The minimum absolute atomic E-state index is 0.150. The Morgan fingerprint density at radius 1 is 0.848 bits per heavy atom. The Morgan fingerprint density at radius 3 is 2.21 bits per heavy atom. The predicted molar refractivity (Wildman–Crippen MR) is 131 cm³/mol. The van der Waals surface area contributed by atoms with E-state index in [1.807, 2.05) is 36.9 Å². The zero-order valence-corrected chi connectivity index (χ0v) is 20.6. The van der Waals surface area contributed by atoms with Crippen LogP contribution in [0, 0.1) is 0 Å². The number of carbonyl (C=O) groups is 2. The van der Waals surface area contributed by atoms with E-state index >= 15 is 0 Å². The molecule has 2 aromatic rings. The van der Waals surface area contributed by atoms with Crippen molar-refractivity contribution in [3.63, 3.8) is 0 Å². The van der Waals surface area contributed by atoms with Crippen LogP contribution >= 0.6 is 0 Å². The van der Waals surface area contributed by atoms with Gasteiger partial charge in [-0.3, -0.25) is 9.59 Å². The minimum atomic E-state index is -0.150. The number of hydrogen-bond acceptors (Lipinski definition) is 5. The lowest BCUT2D eigenvalue weighted by atomic mass is 9.96. The number of nitrogens with zero attached hydrogens (tertiary/aromatic N) is 1. The summed E-state index contributed by atoms with van der Waals surface area (Å²) >= 11 is 0. The second-order valence-corrected chi connectivity index (χ2v) is 7.77. The number of methoxy groups -OCH3 is 2. The van der Waals surface area contributed by atoms with Crippen molar-refractivity contribution in [3.8, 4) is 17.2 Å². The highest BCUT2D eigenvalue weighted by molar-refractivity contribution is 6.12. The number of amides is 1. The Balaban J connectivity index is 2.16. The van der Waals surface area contributed by atoms with Gasteiger partial charge in [0.05, 0.1) is 32.0 Å². The zero-order chi connectivity index (χ0) is 24.2. The van der Waals surface area contributed by atoms with Crippen molar-refractivity contribution in [1.82, 2.24) is 4.90 Å². The summed E-state index contributed by atoms with van der Waals surface area (Å²) in [6, 6.07) is 10.8. The van der Waals surface area contributed by atoms with Gasteiger partial charge < -0.3 is 19.1 Å². The summed E-state index contributed by atoms with van der Waals surface area (Å²) < 4.78 is 17.1. The van der Waals surface area contributed by atoms with Crippen LogP contribution in [0.25, 0.3) is 0 Å². The van der Waals surface area contributed by atoms with Gasteiger partial charge in [0, 0.05) is 25.1 Å². The number of carbonyl (C=O) groups excluding carboxylic acids is 2. The van der Waals surface area contributed by atoms with Crippen LogP contribution in [0.15, 0.2) is 36.4 Å². The van der Waals surface area contributed by atoms with E-state index in [4.69, 9.17) is 14.2 Å². The van der Waals surface area contributed by atoms with E-state index in [9.17, 15) is 9.59 Å². The van der Waals surface area contributed by atoms with Gasteiger partial charge in [0.1, 0.15) is 17.2 Å². The lowest BCUT2D eigenvalue weighted by Gasteiger charge is -2.19. The van der Waals surface area contributed by atoms with Crippen molar-refractivity contribution < 1.29 is 23.8 Å². The van der Waals surface area contributed by atoms with E-state index in [0.717, 1.165) is 50.1 Å². The monoisotopic (exact) mass is 455 g/mol. The highest BCUT2D eigenvalue weighted by Crippen LogP contribution is 2.36. The van der Waals surface area contributed by atoms with E-state index in [-0.39, 0.29) is 11.7 Å². The highest BCUT2D eigenvalue weighted by atomic mass is 16.5. The number of ether oxygens (including phenoxy) is 3. The molecule has 0 fully saturated rings. The molecule has 0 aromatic heterocycles. The van der Waals surface area contributed by atoms with Crippen molar-refractivity contribution in [3.05, 3.63) is 53.1 Å². The summed E-state index contributed by atoms with van der Waals surface area (Å²) in [5.74, 6) is 1.83. The third kappa shape index (κ3) is 6.73. The van der Waals surface area contributed by atoms with Crippen molar-refractivity contribution in [1.29, 1.82) is 0 Å². The van der Waals surface area contributed by atoms with Gasteiger partial charge >= 0.3 is 0 Å². The van der Waals surface area contributed by atoms with Crippen LogP contribution in [0.1, 0.15) is 67.9 Å². The van der Waals surface area contributed by atoms with Gasteiger partial charge in [-0.25, -0.2) is 0 Å². The summed E-state index contributed by atoms with van der Waals surface area (Å²) in [4.78, 5) is 27.3. The number of unbranched alkanes of at least 4 members (excludes halogenated alkanes) is 1. The molecular formula is C27H37NO5. The second kappa shape index (κ2) is 13.5. The maximum atomic E-state index is 13.3. The van der Waals surface area contributed by atoms with Crippen LogP contribution in [-0.2, 0) is 11.2 Å². The number of hydrogen-bond donors (Lipinski definition) is 0. The Bertz CT molecular complexity index is 921. The summed E-state index contributed by atoms with van der Waals surface area (Å²) in [6.45, 7) is 8.06. The molecule has 6 nitrogen and oxygen atoms in total. The molecule has 2 aromatic carbocycles. The molecule has 0 saturated heterocycles. The number of benzene rings is 2. The van der Waals surface area contributed by atoms with Gasteiger partial charge in [0.2, 0.25) is 5.91 Å².